The molecule has 1 atom stereocenters. The lowest BCUT2D eigenvalue weighted by Crippen LogP contribution is -2.60. The summed E-state index contributed by atoms with van der Waals surface area (Å²) in [7, 11) is 2.23. The van der Waals surface area contributed by atoms with Gasteiger partial charge in [0.25, 0.3) is 0 Å². The molecule has 10 heteroatoms. The second kappa shape index (κ2) is 9.50. The number of ether oxygens (including phenoxy) is 1. The first-order chi connectivity index (χ1) is 19.7. The van der Waals surface area contributed by atoms with E-state index in [1.54, 1.807) is 6.20 Å². The second-order valence-electron chi connectivity index (χ2n) is 11.3. The molecule has 3 aromatic heterocycles. The van der Waals surface area contributed by atoms with Gasteiger partial charge < -0.3 is 24.3 Å². The molecule has 0 aliphatic carbocycles. The molecule has 2 saturated heterocycles. The Morgan fingerprint density at radius 3 is 2.88 bits per heavy atom. The Morgan fingerprint density at radius 2 is 1.95 bits per heavy atom. The topological polar surface area (TPSA) is 89.9 Å². The predicted molar refractivity (Wildman–Crippen MR) is 157 cm³/mol. The minimum absolute atomic E-state index is 0.398. The molecule has 0 bridgehead atoms. The largest absolute Gasteiger partial charge is 0.489 e. The number of nitrogens with one attached hydrogen (secondary N) is 2. The van der Waals surface area contributed by atoms with Crippen molar-refractivity contribution in [1.82, 2.24) is 34.4 Å². The highest BCUT2D eigenvalue weighted by molar-refractivity contribution is 5.84. The molecule has 40 heavy (non-hydrogen) atoms. The number of hydrogen-bond acceptors (Lipinski definition) is 8. The van der Waals surface area contributed by atoms with Gasteiger partial charge in [0.1, 0.15) is 12.4 Å². The molecule has 5 aromatic rings. The van der Waals surface area contributed by atoms with E-state index in [2.05, 4.69) is 78.6 Å². The summed E-state index contributed by atoms with van der Waals surface area (Å²) in [6.45, 7) is 6.35. The van der Waals surface area contributed by atoms with E-state index >= 15 is 0 Å². The zero-order valence-electron chi connectivity index (χ0n) is 22.6. The van der Waals surface area contributed by atoms with E-state index in [0.717, 1.165) is 58.9 Å². The number of likely N-dealkylation sites (tertiary alicyclic amines) is 1. The van der Waals surface area contributed by atoms with Crippen molar-refractivity contribution in [2.24, 2.45) is 0 Å². The van der Waals surface area contributed by atoms with Gasteiger partial charge in [-0.3, -0.25) is 10.00 Å². The van der Waals surface area contributed by atoms with E-state index < -0.39 is 0 Å². The van der Waals surface area contributed by atoms with Crippen molar-refractivity contribution in [1.29, 1.82) is 0 Å². The molecule has 8 rings (SSSR count). The van der Waals surface area contributed by atoms with Crippen molar-refractivity contribution in [3.63, 3.8) is 0 Å². The number of benzene rings is 2. The minimum atomic E-state index is 0.398. The molecular weight excluding hydrogens is 502 g/mol. The lowest BCUT2D eigenvalue weighted by atomic mass is 10.00. The van der Waals surface area contributed by atoms with E-state index in [4.69, 9.17) is 9.72 Å². The number of H-pyrrole nitrogens is 1. The second-order valence-corrected chi connectivity index (χ2v) is 11.3. The van der Waals surface area contributed by atoms with Gasteiger partial charge in [-0.1, -0.05) is 12.1 Å². The molecule has 2 aromatic carbocycles. The van der Waals surface area contributed by atoms with Crippen molar-refractivity contribution in [3.05, 3.63) is 61.2 Å². The lowest BCUT2D eigenvalue weighted by molar-refractivity contribution is 0.0868. The first kappa shape index (κ1) is 23.7. The van der Waals surface area contributed by atoms with Gasteiger partial charge in [-0.05, 0) is 51.2 Å². The van der Waals surface area contributed by atoms with Crippen LogP contribution < -0.4 is 15.0 Å². The Kier molecular flexibility index (Phi) is 5.63. The quantitative estimate of drug-likeness (QED) is 0.357. The third-order valence-corrected chi connectivity index (χ3v) is 8.79. The highest BCUT2D eigenvalue weighted by Gasteiger charge is 2.36. The third-order valence-electron chi connectivity index (χ3n) is 8.79. The fourth-order valence-corrected chi connectivity index (χ4v) is 6.55. The maximum absolute atomic E-state index is 6.36. The highest BCUT2D eigenvalue weighted by Crippen LogP contribution is 2.39. The average molecular weight is 536 g/mol. The predicted octanol–water partition coefficient (Wildman–Crippen LogP) is 3.99. The molecule has 0 amide bonds. The van der Waals surface area contributed by atoms with E-state index in [1.165, 1.54) is 31.6 Å². The summed E-state index contributed by atoms with van der Waals surface area (Å²) in [5, 5.41) is 11.8. The molecule has 6 heterocycles. The Balaban J connectivity index is 1.04. The van der Waals surface area contributed by atoms with Crippen LogP contribution in [-0.4, -0.2) is 92.8 Å². The summed E-state index contributed by atoms with van der Waals surface area (Å²) in [6.07, 6.45) is 10.1. The highest BCUT2D eigenvalue weighted by atomic mass is 16.5. The van der Waals surface area contributed by atoms with E-state index in [-0.39, 0.29) is 0 Å². The number of nitrogens with zero attached hydrogens (tertiary/aromatic N) is 7. The third kappa shape index (κ3) is 4.15. The summed E-state index contributed by atoms with van der Waals surface area (Å²) < 4.78 is 8.36. The van der Waals surface area contributed by atoms with Gasteiger partial charge in [0.05, 0.1) is 29.1 Å². The van der Waals surface area contributed by atoms with Crippen LogP contribution in [0.15, 0.2) is 61.2 Å². The number of rotatable bonds is 4. The maximum Gasteiger partial charge on any atom is 0.180 e. The van der Waals surface area contributed by atoms with Crippen molar-refractivity contribution in [2.75, 3.05) is 56.6 Å². The van der Waals surface area contributed by atoms with Crippen LogP contribution in [0.2, 0.25) is 0 Å². The Labute approximate surface area is 232 Å². The lowest BCUT2D eigenvalue weighted by Gasteiger charge is -2.48. The molecule has 0 saturated carbocycles. The molecular formula is C30H33N9O. The Hall–Kier alpha value is -4.15. The molecule has 0 unspecified atom stereocenters. The summed E-state index contributed by atoms with van der Waals surface area (Å²) in [5.74, 6) is 1.63. The maximum atomic E-state index is 6.36. The number of fused-ring (bicyclic) bond motifs is 5. The van der Waals surface area contributed by atoms with Crippen molar-refractivity contribution < 1.29 is 4.74 Å². The smallest absolute Gasteiger partial charge is 0.180 e. The summed E-state index contributed by atoms with van der Waals surface area (Å²) in [4.78, 5) is 17.2. The van der Waals surface area contributed by atoms with E-state index in [9.17, 15) is 0 Å². The van der Waals surface area contributed by atoms with Crippen LogP contribution in [0.4, 0.5) is 17.2 Å². The van der Waals surface area contributed by atoms with Gasteiger partial charge in [0.15, 0.2) is 11.5 Å². The van der Waals surface area contributed by atoms with Crippen LogP contribution >= 0.6 is 0 Å². The van der Waals surface area contributed by atoms with Gasteiger partial charge >= 0.3 is 0 Å². The molecule has 204 valence electrons. The van der Waals surface area contributed by atoms with Gasteiger partial charge in [-0.15, -0.1) is 0 Å². The summed E-state index contributed by atoms with van der Waals surface area (Å²) in [5.41, 5.74) is 5.73. The number of aromatic nitrogens is 5. The molecule has 3 aliphatic rings. The van der Waals surface area contributed by atoms with Crippen LogP contribution in [0.5, 0.6) is 5.75 Å². The number of piperazine rings is 1. The van der Waals surface area contributed by atoms with Gasteiger partial charge in [-0.25, -0.2) is 9.97 Å². The van der Waals surface area contributed by atoms with Crippen LogP contribution in [-0.2, 0) is 0 Å². The van der Waals surface area contributed by atoms with Crippen LogP contribution in [0.3, 0.4) is 0 Å². The monoisotopic (exact) mass is 535 g/mol. The molecule has 0 radical (unpaired) electrons. The van der Waals surface area contributed by atoms with Crippen molar-refractivity contribution in [3.8, 4) is 17.0 Å². The Bertz CT molecular complexity index is 1690. The summed E-state index contributed by atoms with van der Waals surface area (Å²) >= 11 is 0. The van der Waals surface area contributed by atoms with Crippen molar-refractivity contribution >= 4 is 33.7 Å². The van der Waals surface area contributed by atoms with Crippen LogP contribution in [0.25, 0.3) is 27.8 Å². The fraction of sp³-hybridized carbons (Fsp3) is 0.367. The molecule has 0 spiro atoms. The summed E-state index contributed by atoms with van der Waals surface area (Å²) in [6, 6.07) is 13.7. The number of anilines is 3. The zero-order valence-corrected chi connectivity index (χ0v) is 22.6. The molecule has 2 N–H and O–H groups in total. The average Bonchev–Trinajstić information content (AvgIpc) is 3.66. The van der Waals surface area contributed by atoms with Gasteiger partial charge in [0.2, 0.25) is 0 Å². The number of aromatic amines is 1. The van der Waals surface area contributed by atoms with Crippen molar-refractivity contribution in [2.45, 2.75) is 24.9 Å². The molecule has 10 nitrogen and oxygen atoms in total. The minimum Gasteiger partial charge on any atom is -0.489 e. The zero-order chi connectivity index (χ0) is 26.6. The number of imidazole rings is 1. The molecule has 3 aliphatic heterocycles. The van der Waals surface area contributed by atoms with Gasteiger partial charge in [-0.2, -0.15) is 5.10 Å². The Morgan fingerprint density at radius 1 is 1.02 bits per heavy atom. The first-order valence-corrected chi connectivity index (χ1v) is 14.2. The van der Waals surface area contributed by atoms with Crippen LogP contribution in [0.1, 0.15) is 12.8 Å². The number of hydrogen-bond donors (Lipinski definition) is 2. The number of piperidine rings is 1. The van der Waals surface area contributed by atoms with Crippen LogP contribution in [0, 0.1) is 0 Å². The van der Waals surface area contributed by atoms with E-state index in [0.29, 0.717) is 24.5 Å². The van der Waals surface area contributed by atoms with E-state index in [1.807, 2.05) is 23.0 Å². The standard InChI is InChI=1S/C30H33N9O/c1-36-9-6-23(7-10-36)37-12-13-39-24(17-37)19-40-28-15-22(4-5-27(28)39)33-29-30-31-8-11-38(30)18-26(34-29)20-2-3-21-16-32-35-25(21)14-20/h2-5,8,11,14-16,18,23-24H,6-7,9-10,12-13,17,19H2,1H3,(H,32,35)(H,33,34)/t24-/m1/s1. The first-order valence-electron chi connectivity index (χ1n) is 14.2. The van der Waals surface area contributed by atoms with Gasteiger partial charge in [0, 0.05) is 67.0 Å². The normalized spacial score (nSPS) is 20.4. The molecule has 2 fully saturated rings. The fourth-order valence-electron chi connectivity index (χ4n) is 6.55. The SMILES string of the molecule is CN1CCC(N2CCN3c4ccc(Nc5nc(-c6ccc7cn[nH]c7c6)cn6ccnc56)cc4OC[C@H]3C2)CC1.